The number of halogens is 1. The zero-order chi connectivity index (χ0) is 13.0. The number of hydrogen-bond acceptors (Lipinski definition) is 3. The highest BCUT2D eigenvalue weighted by molar-refractivity contribution is 9.10. The fourth-order valence-electron chi connectivity index (χ4n) is 2.27. The second kappa shape index (κ2) is 6.38. The fourth-order valence-corrected chi connectivity index (χ4v) is 2.57. The maximum Gasteiger partial charge on any atom is 0.287 e. The van der Waals surface area contributed by atoms with Crippen molar-refractivity contribution in [1.82, 2.24) is 10.2 Å². The van der Waals surface area contributed by atoms with Crippen molar-refractivity contribution in [2.24, 2.45) is 5.92 Å². The Kier molecular flexibility index (Phi) is 4.83. The lowest BCUT2D eigenvalue weighted by molar-refractivity contribution is 0.0908. The second-order valence-corrected chi connectivity index (χ2v) is 5.47. The number of nitrogens with zero attached hydrogens (tertiary/aromatic N) is 1. The Labute approximate surface area is 116 Å². The summed E-state index contributed by atoms with van der Waals surface area (Å²) in [6.07, 6.45) is 2.33. The van der Waals surface area contributed by atoms with Crippen molar-refractivity contribution in [1.29, 1.82) is 0 Å². The predicted molar refractivity (Wildman–Crippen MR) is 73.6 cm³/mol. The number of piperidine rings is 1. The lowest BCUT2D eigenvalue weighted by Crippen LogP contribution is -2.38. The molecule has 1 amide bonds. The van der Waals surface area contributed by atoms with E-state index in [1.165, 1.54) is 0 Å². The van der Waals surface area contributed by atoms with Crippen LogP contribution in [0.3, 0.4) is 0 Å². The molecule has 1 aliphatic rings. The predicted octanol–water partition coefficient (Wildman–Crippen LogP) is 2.50. The van der Waals surface area contributed by atoms with Gasteiger partial charge in [-0.2, -0.15) is 0 Å². The molecule has 1 N–H and O–H groups in total. The minimum absolute atomic E-state index is 0.126. The molecule has 0 atom stereocenters. The van der Waals surface area contributed by atoms with Gasteiger partial charge in [-0.3, -0.25) is 4.79 Å². The van der Waals surface area contributed by atoms with Crippen LogP contribution in [0.15, 0.2) is 21.2 Å². The number of amides is 1. The molecule has 100 valence electrons. The van der Waals surface area contributed by atoms with Crippen LogP contribution in [0.2, 0.25) is 0 Å². The molecule has 2 heterocycles. The van der Waals surface area contributed by atoms with Gasteiger partial charge in [0.1, 0.15) is 0 Å². The van der Waals surface area contributed by atoms with Crippen molar-refractivity contribution in [2.45, 2.75) is 19.8 Å². The summed E-state index contributed by atoms with van der Waals surface area (Å²) in [5, 5.41) is 2.94. The van der Waals surface area contributed by atoms with Crippen LogP contribution in [0, 0.1) is 5.92 Å². The molecule has 1 aromatic rings. The molecule has 1 saturated heterocycles. The summed E-state index contributed by atoms with van der Waals surface area (Å²) in [6.45, 7) is 6.34. The van der Waals surface area contributed by atoms with Crippen LogP contribution in [0.1, 0.15) is 30.3 Å². The van der Waals surface area contributed by atoms with E-state index >= 15 is 0 Å². The lowest BCUT2D eigenvalue weighted by Gasteiger charge is -2.30. The number of likely N-dealkylation sites (tertiary alicyclic amines) is 1. The van der Waals surface area contributed by atoms with Crippen molar-refractivity contribution >= 4 is 21.8 Å². The first kappa shape index (κ1) is 13.6. The first-order valence-corrected chi connectivity index (χ1v) is 7.24. The zero-order valence-corrected chi connectivity index (χ0v) is 12.2. The summed E-state index contributed by atoms with van der Waals surface area (Å²) in [6, 6.07) is 3.41. The third-order valence-corrected chi connectivity index (χ3v) is 3.93. The van der Waals surface area contributed by atoms with Gasteiger partial charge < -0.3 is 14.6 Å². The van der Waals surface area contributed by atoms with E-state index in [1.54, 1.807) is 12.1 Å². The molecular formula is C13H19BrN2O2. The van der Waals surface area contributed by atoms with E-state index in [0.29, 0.717) is 16.3 Å². The monoisotopic (exact) mass is 314 g/mol. The average molecular weight is 315 g/mol. The number of nitrogens with one attached hydrogen (secondary N) is 1. The van der Waals surface area contributed by atoms with Crippen LogP contribution in [0.25, 0.3) is 0 Å². The van der Waals surface area contributed by atoms with Crippen LogP contribution in [-0.4, -0.2) is 37.0 Å². The Morgan fingerprint density at radius 1 is 1.50 bits per heavy atom. The van der Waals surface area contributed by atoms with E-state index in [2.05, 4.69) is 33.1 Å². The van der Waals surface area contributed by atoms with Gasteiger partial charge in [-0.15, -0.1) is 0 Å². The van der Waals surface area contributed by atoms with E-state index in [-0.39, 0.29) is 5.91 Å². The summed E-state index contributed by atoms with van der Waals surface area (Å²) >= 11 is 3.19. The molecule has 1 aliphatic heterocycles. The average Bonchev–Trinajstić information content (AvgIpc) is 2.83. The first-order chi connectivity index (χ1) is 8.69. The number of rotatable bonds is 4. The summed E-state index contributed by atoms with van der Waals surface area (Å²) in [5.74, 6) is 0.835. The molecule has 1 aromatic heterocycles. The lowest BCUT2D eigenvalue weighted by atomic mass is 9.97. The molecule has 0 aromatic carbocycles. The van der Waals surface area contributed by atoms with Gasteiger partial charge in [0.15, 0.2) is 10.4 Å². The highest BCUT2D eigenvalue weighted by atomic mass is 79.9. The topological polar surface area (TPSA) is 45.5 Å². The number of carbonyl (C=O) groups is 1. The highest BCUT2D eigenvalue weighted by Gasteiger charge is 2.19. The minimum atomic E-state index is -0.126. The van der Waals surface area contributed by atoms with Gasteiger partial charge in [0.25, 0.3) is 5.91 Å². The molecule has 0 aliphatic carbocycles. The van der Waals surface area contributed by atoms with Crippen molar-refractivity contribution in [3.8, 4) is 0 Å². The van der Waals surface area contributed by atoms with Crippen molar-refractivity contribution in [3.63, 3.8) is 0 Å². The van der Waals surface area contributed by atoms with Gasteiger partial charge in [0.2, 0.25) is 0 Å². The molecule has 18 heavy (non-hydrogen) atoms. The van der Waals surface area contributed by atoms with E-state index in [9.17, 15) is 4.79 Å². The molecule has 0 spiro atoms. The highest BCUT2D eigenvalue weighted by Crippen LogP contribution is 2.17. The van der Waals surface area contributed by atoms with Gasteiger partial charge in [-0.25, -0.2) is 0 Å². The van der Waals surface area contributed by atoms with Crippen LogP contribution >= 0.6 is 15.9 Å². The standard InChI is InChI=1S/C13H19BrN2O2/c1-2-16-7-5-10(6-8-16)9-15-13(17)11-3-4-12(14)18-11/h3-4,10H,2,5-9H2,1H3,(H,15,17). The summed E-state index contributed by atoms with van der Waals surface area (Å²) < 4.78 is 5.80. The van der Waals surface area contributed by atoms with Gasteiger partial charge in [0.05, 0.1) is 0 Å². The van der Waals surface area contributed by atoms with Gasteiger partial charge in [-0.1, -0.05) is 6.92 Å². The van der Waals surface area contributed by atoms with Gasteiger partial charge in [-0.05, 0) is 66.5 Å². The van der Waals surface area contributed by atoms with E-state index in [0.717, 1.165) is 39.0 Å². The second-order valence-electron chi connectivity index (χ2n) is 4.69. The van der Waals surface area contributed by atoms with Crippen molar-refractivity contribution in [2.75, 3.05) is 26.2 Å². The van der Waals surface area contributed by atoms with Gasteiger partial charge in [0, 0.05) is 6.54 Å². The Balaban J connectivity index is 1.74. The van der Waals surface area contributed by atoms with E-state index < -0.39 is 0 Å². The third kappa shape index (κ3) is 3.59. The van der Waals surface area contributed by atoms with Gasteiger partial charge >= 0.3 is 0 Å². The fraction of sp³-hybridized carbons (Fsp3) is 0.615. The first-order valence-electron chi connectivity index (χ1n) is 6.45. The van der Waals surface area contributed by atoms with E-state index in [1.807, 2.05) is 0 Å². The quantitative estimate of drug-likeness (QED) is 0.928. The number of furan rings is 1. The van der Waals surface area contributed by atoms with Crippen LogP contribution in [-0.2, 0) is 0 Å². The summed E-state index contributed by atoms with van der Waals surface area (Å²) in [7, 11) is 0. The smallest absolute Gasteiger partial charge is 0.287 e. The molecule has 5 heteroatoms. The molecule has 4 nitrogen and oxygen atoms in total. The maximum atomic E-state index is 11.8. The van der Waals surface area contributed by atoms with Crippen molar-refractivity contribution in [3.05, 3.63) is 22.6 Å². The molecular weight excluding hydrogens is 296 g/mol. The number of hydrogen-bond donors (Lipinski definition) is 1. The summed E-state index contributed by atoms with van der Waals surface area (Å²) in [5.41, 5.74) is 0. The molecule has 1 fully saturated rings. The molecule has 0 unspecified atom stereocenters. The summed E-state index contributed by atoms with van der Waals surface area (Å²) in [4.78, 5) is 14.2. The molecule has 0 radical (unpaired) electrons. The minimum Gasteiger partial charge on any atom is -0.444 e. The molecule has 0 bridgehead atoms. The van der Waals surface area contributed by atoms with Crippen LogP contribution < -0.4 is 5.32 Å². The van der Waals surface area contributed by atoms with Crippen molar-refractivity contribution < 1.29 is 9.21 Å². The Bertz CT molecular complexity index is 397. The van der Waals surface area contributed by atoms with E-state index in [4.69, 9.17) is 4.42 Å². The molecule has 0 saturated carbocycles. The third-order valence-electron chi connectivity index (χ3n) is 3.50. The Hall–Kier alpha value is -0.810. The number of carbonyl (C=O) groups excluding carboxylic acids is 1. The Morgan fingerprint density at radius 2 is 2.22 bits per heavy atom. The normalized spacial score (nSPS) is 17.9. The maximum absolute atomic E-state index is 11.8. The zero-order valence-electron chi connectivity index (χ0n) is 10.6. The Morgan fingerprint density at radius 3 is 2.78 bits per heavy atom. The molecule has 2 rings (SSSR count). The SMILES string of the molecule is CCN1CCC(CNC(=O)c2ccc(Br)o2)CC1. The van der Waals surface area contributed by atoms with Crippen LogP contribution in [0.4, 0.5) is 0 Å². The largest absolute Gasteiger partial charge is 0.444 e. The van der Waals surface area contributed by atoms with Crippen LogP contribution in [0.5, 0.6) is 0 Å².